The van der Waals surface area contributed by atoms with Crippen molar-refractivity contribution in [3.8, 4) is 11.3 Å². The van der Waals surface area contributed by atoms with Gasteiger partial charge in [-0.3, -0.25) is 5.10 Å². The molecule has 0 aliphatic carbocycles. The molecule has 2 aromatic heterocycles. The Labute approximate surface area is 62.5 Å². The zero-order valence-electron chi connectivity index (χ0n) is 5.16. The van der Waals surface area contributed by atoms with Crippen LogP contribution >= 0.6 is 11.3 Å². The van der Waals surface area contributed by atoms with E-state index in [1.807, 2.05) is 17.5 Å². The molecule has 0 amide bonds. The lowest BCUT2D eigenvalue weighted by atomic mass is 10.2. The molecule has 1 N–H and O–H groups in total. The Kier molecular flexibility index (Phi) is 1.29. The van der Waals surface area contributed by atoms with Gasteiger partial charge in [0.05, 0.1) is 11.1 Å². The van der Waals surface area contributed by atoms with E-state index in [9.17, 15) is 0 Å². The van der Waals surface area contributed by atoms with Gasteiger partial charge in [0.2, 0.25) is 0 Å². The van der Waals surface area contributed by atoms with Crippen molar-refractivity contribution in [1.29, 1.82) is 0 Å². The maximum absolute atomic E-state index is 4.01. The number of rotatable bonds is 1. The Morgan fingerprint density at radius 3 is 3.10 bits per heavy atom. The molecule has 0 saturated heterocycles. The van der Waals surface area contributed by atoms with Crippen molar-refractivity contribution in [1.82, 2.24) is 10.2 Å². The first-order valence-corrected chi connectivity index (χ1v) is 3.80. The van der Waals surface area contributed by atoms with Crippen LogP contribution in [0.25, 0.3) is 11.3 Å². The number of hydrogen-bond donors (Lipinski definition) is 1. The molecule has 0 aromatic carbocycles. The molecule has 0 atom stereocenters. The first kappa shape index (κ1) is 5.68. The number of hydrogen-bond acceptors (Lipinski definition) is 2. The summed E-state index contributed by atoms with van der Waals surface area (Å²) in [5.41, 5.74) is 2.02. The monoisotopic (exact) mass is 149 g/mol. The fraction of sp³-hybridized carbons (Fsp3) is 0. The zero-order valence-corrected chi connectivity index (χ0v) is 5.98. The topological polar surface area (TPSA) is 28.7 Å². The van der Waals surface area contributed by atoms with Gasteiger partial charge in [0, 0.05) is 11.8 Å². The van der Waals surface area contributed by atoms with Gasteiger partial charge >= 0.3 is 0 Å². The number of aromatic nitrogens is 2. The maximum atomic E-state index is 4.01. The standard InChI is InChI=1S/C7H5N2S/c1-3-8-9-7(1)6-2-4-10-5-6/h1-4H,(H,8,9). The number of H-pyrrole nitrogens is 1. The molecular formula is C7H5N2S. The molecule has 0 unspecified atom stereocenters. The van der Waals surface area contributed by atoms with E-state index in [4.69, 9.17) is 0 Å². The van der Waals surface area contributed by atoms with Crippen LogP contribution in [0.15, 0.2) is 23.7 Å². The second-order valence-corrected chi connectivity index (χ2v) is 2.61. The van der Waals surface area contributed by atoms with E-state index in [1.165, 1.54) is 0 Å². The Bertz CT molecular complexity index is 251. The van der Waals surface area contributed by atoms with Crippen molar-refractivity contribution in [3.63, 3.8) is 0 Å². The van der Waals surface area contributed by atoms with Crippen LogP contribution in [0.4, 0.5) is 0 Å². The first-order chi connectivity index (χ1) is 4.97. The molecule has 49 valence electrons. The molecular weight excluding hydrogens is 144 g/mol. The molecule has 0 bridgehead atoms. The highest BCUT2D eigenvalue weighted by molar-refractivity contribution is 7.07. The van der Waals surface area contributed by atoms with Gasteiger partial charge in [-0.05, 0) is 17.5 Å². The van der Waals surface area contributed by atoms with E-state index < -0.39 is 0 Å². The summed E-state index contributed by atoms with van der Waals surface area (Å²) in [5.74, 6) is 0. The van der Waals surface area contributed by atoms with E-state index >= 15 is 0 Å². The molecule has 0 saturated carbocycles. The lowest BCUT2D eigenvalue weighted by molar-refractivity contribution is 1.10. The van der Waals surface area contributed by atoms with Crippen LogP contribution in [0.2, 0.25) is 0 Å². The normalized spacial score (nSPS) is 10.0. The molecule has 0 aliphatic heterocycles. The average Bonchev–Trinajstić information content (AvgIpc) is 2.59. The van der Waals surface area contributed by atoms with Gasteiger partial charge < -0.3 is 0 Å². The minimum Gasteiger partial charge on any atom is -0.285 e. The quantitative estimate of drug-likeness (QED) is 0.659. The van der Waals surface area contributed by atoms with E-state index in [0.29, 0.717) is 0 Å². The summed E-state index contributed by atoms with van der Waals surface area (Å²) in [6.07, 6.45) is 1.81. The third-order valence-electron chi connectivity index (χ3n) is 1.25. The van der Waals surface area contributed by atoms with Crippen LogP contribution in [-0.2, 0) is 0 Å². The second kappa shape index (κ2) is 2.27. The summed E-state index contributed by atoms with van der Waals surface area (Å²) in [7, 11) is 0. The van der Waals surface area contributed by atoms with Crippen LogP contribution in [-0.4, -0.2) is 10.2 Å². The molecule has 2 aromatic rings. The third kappa shape index (κ3) is 0.844. The number of nitrogens with zero attached hydrogens (tertiary/aromatic N) is 1. The molecule has 2 nitrogen and oxygen atoms in total. The van der Waals surface area contributed by atoms with Gasteiger partial charge in [0.25, 0.3) is 0 Å². The van der Waals surface area contributed by atoms with Crippen molar-refractivity contribution in [2.24, 2.45) is 0 Å². The van der Waals surface area contributed by atoms with E-state index in [2.05, 4.69) is 15.6 Å². The van der Waals surface area contributed by atoms with Gasteiger partial charge in [-0.15, -0.1) is 11.3 Å². The summed E-state index contributed by atoms with van der Waals surface area (Å²) >= 11 is 1.56. The number of aromatic amines is 1. The van der Waals surface area contributed by atoms with Gasteiger partial charge in [0.1, 0.15) is 0 Å². The van der Waals surface area contributed by atoms with Gasteiger partial charge in [-0.2, -0.15) is 5.10 Å². The van der Waals surface area contributed by atoms with Gasteiger partial charge in [-0.25, -0.2) is 0 Å². The van der Waals surface area contributed by atoms with Crippen LogP contribution < -0.4 is 0 Å². The van der Waals surface area contributed by atoms with Crippen molar-refractivity contribution >= 4 is 11.3 Å². The van der Waals surface area contributed by atoms with Gasteiger partial charge in [0.15, 0.2) is 0 Å². The fourth-order valence-corrected chi connectivity index (χ4v) is 1.35. The average molecular weight is 149 g/mol. The highest BCUT2D eigenvalue weighted by Gasteiger charge is 1.97. The summed E-state index contributed by atoms with van der Waals surface area (Å²) in [6.45, 7) is 0. The van der Waals surface area contributed by atoms with Crippen molar-refractivity contribution < 1.29 is 0 Å². The van der Waals surface area contributed by atoms with E-state index in [0.717, 1.165) is 11.3 Å². The minimum atomic E-state index is 0.959. The molecule has 2 heterocycles. The Morgan fingerprint density at radius 2 is 2.50 bits per heavy atom. The lowest BCUT2D eigenvalue weighted by Gasteiger charge is -1.83. The largest absolute Gasteiger partial charge is 0.285 e. The van der Waals surface area contributed by atoms with Crippen molar-refractivity contribution in [2.75, 3.05) is 0 Å². The molecule has 10 heavy (non-hydrogen) atoms. The zero-order chi connectivity index (χ0) is 6.81. The predicted octanol–water partition coefficient (Wildman–Crippen LogP) is 1.94. The van der Waals surface area contributed by atoms with Crippen LogP contribution in [0.1, 0.15) is 0 Å². The fourth-order valence-electron chi connectivity index (χ4n) is 0.782. The van der Waals surface area contributed by atoms with Crippen molar-refractivity contribution in [3.05, 3.63) is 29.1 Å². The van der Waals surface area contributed by atoms with Crippen molar-refractivity contribution in [2.45, 2.75) is 0 Å². The highest BCUT2D eigenvalue weighted by Crippen LogP contribution is 2.17. The Balaban J connectivity index is 2.48. The van der Waals surface area contributed by atoms with Gasteiger partial charge in [-0.1, -0.05) is 0 Å². The molecule has 0 spiro atoms. The summed E-state index contributed by atoms with van der Waals surface area (Å²) in [6, 6.07) is 3.93. The number of nitrogens with one attached hydrogen (secondary N) is 1. The first-order valence-electron chi connectivity index (χ1n) is 2.92. The summed E-state index contributed by atoms with van der Waals surface area (Å²) in [4.78, 5) is 0. The lowest BCUT2D eigenvalue weighted by Crippen LogP contribution is -1.71. The molecule has 0 aliphatic rings. The molecule has 2 rings (SSSR count). The SMILES string of the molecule is [c]1sccc1-c1cc[nH]n1. The second-order valence-electron chi connectivity index (χ2n) is 1.90. The van der Waals surface area contributed by atoms with E-state index in [1.54, 1.807) is 17.5 Å². The van der Waals surface area contributed by atoms with E-state index in [-0.39, 0.29) is 0 Å². The maximum Gasteiger partial charge on any atom is 0.0935 e. The highest BCUT2D eigenvalue weighted by atomic mass is 32.1. The molecule has 0 fully saturated rings. The smallest absolute Gasteiger partial charge is 0.0935 e. The summed E-state index contributed by atoms with van der Waals surface area (Å²) < 4.78 is 0. The van der Waals surface area contributed by atoms with Crippen LogP contribution in [0, 0.1) is 5.38 Å². The third-order valence-corrected chi connectivity index (χ3v) is 1.86. The molecule has 1 radical (unpaired) electrons. The predicted molar refractivity (Wildman–Crippen MR) is 40.7 cm³/mol. The Morgan fingerprint density at radius 1 is 1.50 bits per heavy atom. The van der Waals surface area contributed by atoms with Crippen LogP contribution in [0.5, 0.6) is 0 Å². The minimum absolute atomic E-state index is 0.959. The van der Waals surface area contributed by atoms with Crippen LogP contribution in [0.3, 0.4) is 0 Å². The Hall–Kier alpha value is -1.09. The summed E-state index contributed by atoms with van der Waals surface area (Å²) in [5, 5.41) is 11.9. The number of thiophene rings is 1. The molecule has 3 heteroatoms.